The fourth-order valence-electron chi connectivity index (χ4n) is 4.67. The number of nitro benzene ring substituents is 1. The Labute approximate surface area is 233 Å². The average molecular weight is 555 g/mol. The number of thiocarbonyl (C=S) groups is 1. The molecule has 2 aromatic rings. The van der Waals surface area contributed by atoms with Gasteiger partial charge in [-0.05, 0) is 54.5 Å². The third kappa shape index (κ3) is 7.42. The summed E-state index contributed by atoms with van der Waals surface area (Å²) in [5.74, 6) is 0.0268. The molecular weight excluding hydrogens is 520 g/mol. The fraction of sp³-hybridized carbons (Fsp3) is 0.444. The van der Waals surface area contributed by atoms with Gasteiger partial charge in [-0.15, -0.1) is 0 Å². The van der Waals surface area contributed by atoms with Gasteiger partial charge in [-0.1, -0.05) is 13.8 Å². The third-order valence-corrected chi connectivity index (χ3v) is 6.92. The number of rotatable bonds is 7. The number of carbonyl (C=O) groups excluding carboxylic acids is 2. The molecule has 2 aromatic carbocycles. The Bertz CT molecular complexity index is 1210. The number of hydrogen-bond donors (Lipinski definition) is 2. The molecule has 0 spiro atoms. The number of ether oxygens (including phenoxy) is 1. The lowest BCUT2D eigenvalue weighted by atomic mass is 10.1. The van der Waals surface area contributed by atoms with Crippen LogP contribution in [0.15, 0.2) is 42.5 Å². The van der Waals surface area contributed by atoms with Crippen molar-refractivity contribution in [3.8, 4) is 0 Å². The normalized spacial score (nSPS) is 15.7. The van der Waals surface area contributed by atoms with Gasteiger partial charge in [0.25, 0.3) is 11.6 Å². The molecule has 0 bridgehead atoms. The van der Waals surface area contributed by atoms with Gasteiger partial charge in [-0.25, -0.2) is 0 Å². The Morgan fingerprint density at radius 2 is 1.67 bits per heavy atom. The topological polar surface area (TPSA) is 120 Å². The van der Waals surface area contributed by atoms with E-state index in [2.05, 4.69) is 29.4 Å². The van der Waals surface area contributed by atoms with E-state index >= 15 is 0 Å². The monoisotopic (exact) mass is 554 g/mol. The molecule has 11 nitrogen and oxygen atoms in total. The summed E-state index contributed by atoms with van der Waals surface area (Å²) < 4.78 is 5.32. The number of carbonyl (C=O) groups is 2. The van der Waals surface area contributed by atoms with Crippen molar-refractivity contribution in [1.82, 2.24) is 10.2 Å². The van der Waals surface area contributed by atoms with E-state index in [0.717, 1.165) is 18.8 Å². The molecule has 0 atom stereocenters. The standard InChI is InChI=1S/C27H34N6O5S/c1-19(2)17-25(34)32-11-9-30(10-12-32)22-6-4-21(5-7-22)28-27(39)29-26(35)20-3-8-23(24(18-20)33(36)37)31-13-15-38-16-14-31/h3-8,18-19H,9-17H2,1-2H3,(H2,28,29,35,39). The minimum absolute atomic E-state index is 0.0879. The SMILES string of the molecule is CC(C)CC(=O)N1CCN(c2ccc(NC(=S)NC(=O)c3ccc(N4CCOCC4)c([N+](=O)[O-])c3)cc2)CC1. The van der Waals surface area contributed by atoms with Crippen molar-refractivity contribution >= 4 is 51.9 Å². The molecule has 12 heteroatoms. The quantitative estimate of drug-likeness (QED) is 0.302. The zero-order valence-corrected chi connectivity index (χ0v) is 23.0. The second kappa shape index (κ2) is 12.9. The van der Waals surface area contributed by atoms with E-state index in [9.17, 15) is 19.7 Å². The highest BCUT2D eigenvalue weighted by atomic mass is 32.1. The number of amides is 2. The molecule has 39 heavy (non-hydrogen) atoms. The van der Waals surface area contributed by atoms with E-state index in [4.69, 9.17) is 17.0 Å². The first-order valence-electron chi connectivity index (χ1n) is 13.1. The summed E-state index contributed by atoms with van der Waals surface area (Å²) in [4.78, 5) is 42.3. The Morgan fingerprint density at radius 3 is 2.28 bits per heavy atom. The highest BCUT2D eigenvalue weighted by molar-refractivity contribution is 7.80. The largest absolute Gasteiger partial charge is 0.378 e. The summed E-state index contributed by atoms with van der Waals surface area (Å²) in [5, 5.41) is 17.4. The molecule has 208 valence electrons. The van der Waals surface area contributed by atoms with Crippen molar-refractivity contribution in [2.75, 3.05) is 67.6 Å². The summed E-state index contributed by atoms with van der Waals surface area (Å²) in [6.07, 6.45) is 0.577. The van der Waals surface area contributed by atoms with Crippen LogP contribution in [-0.2, 0) is 9.53 Å². The molecular formula is C27H34N6O5S. The lowest BCUT2D eigenvalue weighted by molar-refractivity contribution is -0.384. The highest BCUT2D eigenvalue weighted by Crippen LogP contribution is 2.30. The van der Waals surface area contributed by atoms with Crippen molar-refractivity contribution in [3.63, 3.8) is 0 Å². The molecule has 2 aliphatic rings. The van der Waals surface area contributed by atoms with Crippen LogP contribution >= 0.6 is 12.2 Å². The van der Waals surface area contributed by atoms with Gasteiger partial charge in [0, 0.05) is 68.7 Å². The predicted octanol–water partition coefficient (Wildman–Crippen LogP) is 3.25. The number of nitrogens with one attached hydrogen (secondary N) is 2. The molecule has 0 radical (unpaired) electrons. The molecule has 0 aromatic heterocycles. The van der Waals surface area contributed by atoms with Crippen molar-refractivity contribution in [2.24, 2.45) is 5.92 Å². The van der Waals surface area contributed by atoms with Crippen LogP contribution in [0.25, 0.3) is 0 Å². The number of hydrogen-bond acceptors (Lipinski definition) is 8. The lowest BCUT2D eigenvalue weighted by Gasteiger charge is -2.36. The molecule has 2 fully saturated rings. The summed E-state index contributed by atoms with van der Waals surface area (Å²) in [5.41, 5.74) is 2.21. The minimum Gasteiger partial charge on any atom is -0.378 e. The Kier molecular flexibility index (Phi) is 9.31. The van der Waals surface area contributed by atoms with Crippen LogP contribution in [-0.4, -0.2) is 79.2 Å². The van der Waals surface area contributed by atoms with E-state index in [1.54, 1.807) is 12.1 Å². The second-order valence-electron chi connectivity index (χ2n) is 9.98. The zero-order valence-electron chi connectivity index (χ0n) is 22.2. The maximum Gasteiger partial charge on any atom is 0.293 e. The van der Waals surface area contributed by atoms with Crippen molar-refractivity contribution < 1.29 is 19.2 Å². The van der Waals surface area contributed by atoms with Crippen LogP contribution in [0.4, 0.5) is 22.7 Å². The van der Waals surface area contributed by atoms with Gasteiger partial charge in [0.1, 0.15) is 5.69 Å². The number of nitrogens with zero attached hydrogens (tertiary/aromatic N) is 4. The smallest absolute Gasteiger partial charge is 0.293 e. The summed E-state index contributed by atoms with van der Waals surface area (Å²) >= 11 is 5.30. The first-order chi connectivity index (χ1) is 18.7. The van der Waals surface area contributed by atoms with Gasteiger partial charge in [0.2, 0.25) is 5.91 Å². The van der Waals surface area contributed by atoms with Crippen LogP contribution in [0, 0.1) is 16.0 Å². The first-order valence-corrected chi connectivity index (χ1v) is 13.5. The molecule has 2 aliphatic heterocycles. The number of morpholine rings is 1. The minimum atomic E-state index is -0.536. The van der Waals surface area contributed by atoms with Crippen molar-refractivity contribution in [2.45, 2.75) is 20.3 Å². The van der Waals surface area contributed by atoms with Crippen molar-refractivity contribution in [3.05, 3.63) is 58.1 Å². The fourth-order valence-corrected chi connectivity index (χ4v) is 4.88. The van der Waals surface area contributed by atoms with Crippen LogP contribution < -0.4 is 20.4 Å². The third-order valence-electron chi connectivity index (χ3n) is 6.72. The van der Waals surface area contributed by atoms with Crippen LogP contribution in [0.2, 0.25) is 0 Å². The molecule has 2 saturated heterocycles. The number of piperazine rings is 1. The first kappa shape index (κ1) is 28.2. The number of anilines is 3. The molecule has 2 amide bonds. The Balaban J connectivity index is 1.31. The van der Waals surface area contributed by atoms with Gasteiger partial charge in [-0.2, -0.15) is 0 Å². The van der Waals surface area contributed by atoms with E-state index < -0.39 is 10.8 Å². The molecule has 0 aliphatic carbocycles. The van der Waals surface area contributed by atoms with Crippen LogP contribution in [0.1, 0.15) is 30.6 Å². The van der Waals surface area contributed by atoms with Gasteiger partial charge in [-0.3, -0.25) is 25.0 Å². The molecule has 2 heterocycles. The van der Waals surface area contributed by atoms with E-state index in [0.29, 0.717) is 63.1 Å². The van der Waals surface area contributed by atoms with E-state index in [1.807, 2.05) is 34.1 Å². The number of benzene rings is 2. The van der Waals surface area contributed by atoms with Crippen LogP contribution in [0.5, 0.6) is 0 Å². The van der Waals surface area contributed by atoms with Gasteiger partial charge in [0.05, 0.1) is 18.1 Å². The maximum atomic E-state index is 12.8. The Morgan fingerprint density at radius 1 is 1.00 bits per heavy atom. The van der Waals surface area contributed by atoms with Gasteiger partial charge in [0.15, 0.2) is 5.11 Å². The average Bonchev–Trinajstić information content (AvgIpc) is 2.93. The lowest BCUT2D eigenvalue weighted by Crippen LogP contribution is -2.49. The van der Waals surface area contributed by atoms with Gasteiger partial charge >= 0.3 is 0 Å². The second-order valence-corrected chi connectivity index (χ2v) is 10.4. The van der Waals surface area contributed by atoms with E-state index in [-0.39, 0.29) is 22.3 Å². The summed E-state index contributed by atoms with van der Waals surface area (Å²) in [7, 11) is 0. The predicted molar refractivity (Wildman–Crippen MR) is 155 cm³/mol. The molecule has 4 rings (SSSR count). The summed E-state index contributed by atoms with van der Waals surface area (Å²) in [6, 6.07) is 12.1. The van der Waals surface area contributed by atoms with Crippen LogP contribution in [0.3, 0.4) is 0 Å². The van der Waals surface area contributed by atoms with Gasteiger partial charge < -0.3 is 24.8 Å². The molecule has 0 saturated carbocycles. The van der Waals surface area contributed by atoms with E-state index in [1.165, 1.54) is 6.07 Å². The molecule has 0 unspecified atom stereocenters. The zero-order chi connectivity index (χ0) is 27.9. The number of nitro groups is 1. The summed E-state index contributed by atoms with van der Waals surface area (Å²) in [6.45, 7) is 9.13. The Hall–Kier alpha value is -3.77. The highest BCUT2D eigenvalue weighted by Gasteiger charge is 2.24. The molecule has 2 N–H and O–H groups in total. The van der Waals surface area contributed by atoms with Crippen molar-refractivity contribution in [1.29, 1.82) is 0 Å². The maximum absolute atomic E-state index is 12.8.